The number of ether oxygens (including phenoxy) is 1. The summed E-state index contributed by atoms with van der Waals surface area (Å²) in [5.74, 6) is 0. The van der Waals surface area contributed by atoms with Crippen LogP contribution in [0.2, 0.25) is 0 Å². The first-order valence-electron chi connectivity index (χ1n) is 6.53. The molecule has 100 valence electrons. The SMILES string of the molecule is [2H]c1cn([C@@H]2O[C@H](C([2H])([2H])O)[C@H](O)C2(C)F)c(=S)[nH]c1=S. The van der Waals surface area contributed by atoms with Gasteiger partial charge in [-0.25, -0.2) is 4.39 Å². The van der Waals surface area contributed by atoms with Crippen molar-refractivity contribution in [1.29, 1.82) is 0 Å². The first kappa shape index (κ1) is 10.2. The summed E-state index contributed by atoms with van der Waals surface area (Å²) < 4.78 is 42.9. The van der Waals surface area contributed by atoms with Gasteiger partial charge in [0.2, 0.25) is 0 Å². The van der Waals surface area contributed by atoms with Gasteiger partial charge in [0.05, 0.1) is 10.7 Å². The second-order valence-electron chi connectivity index (χ2n) is 4.07. The summed E-state index contributed by atoms with van der Waals surface area (Å²) in [4.78, 5) is 2.51. The fourth-order valence-electron chi connectivity index (χ4n) is 1.79. The molecule has 1 aliphatic heterocycles. The van der Waals surface area contributed by atoms with Crippen LogP contribution in [0.5, 0.6) is 0 Å². The van der Waals surface area contributed by atoms with Crippen LogP contribution in [0, 0.1) is 9.41 Å². The molecule has 4 atom stereocenters. The van der Waals surface area contributed by atoms with Gasteiger partial charge < -0.3 is 19.9 Å². The Labute approximate surface area is 117 Å². The normalized spacial score (nSPS) is 39.1. The molecule has 5 nitrogen and oxygen atoms in total. The number of rotatable bonds is 2. The van der Waals surface area contributed by atoms with Crippen LogP contribution in [0.15, 0.2) is 12.2 Å². The molecule has 1 aromatic heterocycles. The van der Waals surface area contributed by atoms with Crippen molar-refractivity contribution < 1.29 is 23.5 Å². The summed E-state index contributed by atoms with van der Waals surface area (Å²) in [5, 5.41) is 19.2. The van der Waals surface area contributed by atoms with Gasteiger partial charge in [-0.15, -0.1) is 0 Å². The van der Waals surface area contributed by atoms with Crippen molar-refractivity contribution in [3.63, 3.8) is 0 Å². The lowest BCUT2D eigenvalue weighted by Crippen LogP contribution is -2.40. The number of aliphatic hydroxyl groups is 2. The molecule has 0 spiro atoms. The molecule has 18 heavy (non-hydrogen) atoms. The Bertz CT molecular complexity index is 673. The molecule has 2 rings (SSSR count). The van der Waals surface area contributed by atoms with Gasteiger partial charge in [0.1, 0.15) is 16.8 Å². The second kappa shape index (κ2) is 4.78. The van der Waals surface area contributed by atoms with Crippen LogP contribution in [-0.2, 0) is 4.74 Å². The van der Waals surface area contributed by atoms with E-state index >= 15 is 0 Å². The van der Waals surface area contributed by atoms with E-state index in [9.17, 15) is 14.6 Å². The number of hydrogen-bond acceptors (Lipinski definition) is 5. The summed E-state index contributed by atoms with van der Waals surface area (Å²) in [6, 6.07) is -0.136. The molecule has 1 aromatic rings. The minimum Gasteiger partial charge on any atom is -0.394 e. The van der Waals surface area contributed by atoms with Crippen molar-refractivity contribution in [1.82, 2.24) is 9.55 Å². The number of H-pyrrole nitrogens is 1. The topological polar surface area (TPSA) is 70.4 Å². The Morgan fingerprint density at radius 2 is 2.44 bits per heavy atom. The highest BCUT2D eigenvalue weighted by atomic mass is 32.1. The van der Waals surface area contributed by atoms with Crippen LogP contribution in [0.3, 0.4) is 0 Å². The molecule has 0 bridgehead atoms. The molecule has 1 aliphatic rings. The maximum absolute atomic E-state index is 14.7. The van der Waals surface area contributed by atoms with Gasteiger partial charge in [0.15, 0.2) is 16.7 Å². The molecule has 0 aromatic carbocycles. The van der Waals surface area contributed by atoms with Crippen molar-refractivity contribution in [3.05, 3.63) is 21.7 Å². The number of alkyl halides is 1. The van der Waals surface area contributed by atoms with Gasteiger partial charge >= 0.3 is 0 Å². The van der Waals surface area contributed by atoms with Crippen molar-refractivity contribution in [2.24, 2.45) is 0 Å². The van der Waals surface area contributed by atoms with E-state index in [0.717, 1.165) is 17.7 Å². The molecule has 1 unspecified atom stereocenters. The number of nitrogens with zero attached hydrogens (tertiary/aromatic N) is 1. The van der Waals surface area contributed by atoms with Crippen molar-refractivity contribution in [2.45, 2.75) is 31.0 Å². The maximum atomic E-state index is 14.7. The zero-order valence-electron chi connectivity index (χ0n) is 12.3. The van der Waals surface area contributed by atoms with E-state index < -0.39 is 30.7 Å². The number of aromatic amines is 1. The molecule has 0 radical (unpaired) electrons. The average Bonchev–Trinajstić information content (AvgIpc) is 2.56. The molecular formula is C10H13FN2O3S2. The highest BCUT2D eigenvalue weighted by Gasteiger charge is 2.54. The molecule has 0 amide bonds. The fraction of sp³-hybridized carbons (Fsp3) is 0.600. The van der Waals surface area contributed by atoms with E-state index in [-0.39, 0.29) is 15.5 Å². The van der Waals surface area contributed by atoms with Gasteiger partial charge in [-0.1, -0.05) is 12.2 Å². The summed E-state index contributed by atoms with van der Waals surface area (Å²) in [6.45, 7) is -1.93. The zero-order chi connectivity index (χ0) is 16.2. The predicted octanol–water partition coefficient (Wildman–Crippen LogP) is 1.25. The second-order valence-corrected chi connectivity index (χ2v) is 4.87. The number of aliphatic hydroxyl groups excluding tert-OH is 1. The third-order valence-corrected chi connectivity index (χ3v) is 3.33. The first-order valence-corrected chi connectivity index (χ1v) is 5.84. The van der Waals surface area contributed by atoms with E-state index in [1.165, 1.54) is 0 Å². The van der Waals surface area contributed by atoms with Crippen molar-refractivity contribution in [3.8, 4) is 0 Å². The van der Waals surface area contributed by atoms with Gasteiger partial charge in [0.25, 0.3) is 0 Å². The minimum absolute atomic E-state index is 0.0452. The van der Waals surface area contributed by atoms with Gasteiger partial charge in [-0.05, 0) is 25.2 Å². The maximum Gasteiger partial charge on any atom is 0.181 e. The summed E-state index contributed by atoms with van der Waals surface area (Å²) in [7, 11) is 0. The van der Waals surface area contributed by atoms with Crippen LogP contribution >= 0.6 is 24.4 Å². The summed E-state index contributed by atoms with van der Waals surface area (Å²) >= 11 is 9.81. The fourth-order valence-corrected chi connectivity index (χ4v) is 2.25. The molecule has 1 fully saturated rings. The van der Waals surface area contributed by atoms with Gasteiger partial charge in [0, 0.05) is 6.20 Å². The quantitative estimate of drug-likeness (QED) is 0.717. The van der Waals surface area contributed by atoms with E-state index in [0.29, 0.717) is 0 Å². The predicted molar refractivity (Wildman–Crippen MR) is 67.0 cm³/mol. The molecule has 2 heterocycles. The van der Waals surface area contributed by atoms with Crippen LogP contribution in [0.4, 0.5) is 4.39 Å². The third-order valence-electron chi connectivity index (χ3n) is 2.79. The molecule has 0 aliphatic carbocycles. The highest BCUT2D eigenvalue weighted by Crippen LogP contribution is 2.41. The summed E-state index contributed by atoms with van der Waals surface area (Å²) in [6.07, 6.45) is -4.09. The van der Waals surface area contributed by atoms with E-state index in [4.69, 9.17) is 33.3 Å². The lowest BCUT2D eigenvalue weighted by atomic mass is 9.99. The van der Waals surface area contributed by atoms with Crippen LogP contribution < -0.4 is 0 Å². The molecule has 1 saturated heterocycles. The van der Waals surface area contributed by atoms with Gasteiger partial charge in [-0.2, -0.15) is 0 Å². The molecule has 8 heteroatoms. The van der Waals surface area contributed by atoms with Crippen LogP contribution in [0.25, 0.3) is 0 Å². The van der Waals surface area contributed by atoms with Crippen molar-refractivity contribution >= 4 is 24.4 Å². The number of aromatic nitrogens is 2. The van der Waals surface area contributed by atoms with E-state index in [2.05, 4.69) is 4.98 Å². The zero-order valence-corrected chi connectivity index (χ0v) is 10.9. The van der Waals surface area contributed by atoms with E-state index in [1.807, 2.05) is 0 Å². The number of hydrogen-bond donors (Lipinski definition) is 3. The average molecular weight is 295 g/mol. The van der Waals surface area contributed by atoms with E-state index in [1.54, 1.807) is 0 Å². The monoisotopic (exact) mass is 295 g/mol. The first-order chi connectivity index (χ1) is 9.46. The molecule has 0 saturated carbocycles. The molecule has 3 N–H and O–H groups in total. The lowest BCUT2D eigenvalue weighted by Gasteiger charge is -2.25. The smallest absolute Gasteiger partial charge is 0.181 e. The Balaban J connectivity index is 2.53. The number of halogens is 1. The standard InChI is InChI=1S/C10H13FN2O3S2/c1-10(11)7(15)5(4-14)16-8(10)13-3-2-6(17)12-9(13)18/h2-3,5,7-8,14-15H,4H2,1H3,(H,12,17,18)/t5-,7+,8-,10?/m1/s1/i2D,4D2. The molecular weight excluding hydrogens is 279 g/mol. The van der Waals surface area contributed by atoms with Gasteiger partial charge in [-0.3, -0.25) is 4.57 Å². The Morgan fingerprint density at radius 3 is 3.00 bits per heavy atom. The van der Waals surface area contributed by atoms with Crippen molar-refractivity contribution in [2.75, 3.05) is 6.56 Å². The summed E-state index contributed by atoms with van der Waals surface area (Å²) in [5.41, 5.74) is -2.43. The lowest BCUT2D eigenvalue weighted by molar-refractivity contribution is -0.0601. The Hall–Kier alpha value is -0.670. The van der Waals surface area contributed by atoms with Crippen LogP contribution in [0.1, 0.15) is 17.3 Å². The Morgan fingerprint density at radius 1 is 1.78 bits per heavy atom. The highest BCUT2D eigenvalue weighted by molar-refractivity contribution is 7.72. The largest absolute Gasteiger partial charge is 0.394 e. The Kier molecular flexibility index (Phi) is 2.70. The third kappa shape index (κ3) is 2.14. The van der Waals surface area contributed by atoms with Crippen LogP contribution in [-0.4, -0.2) is 44.2 Å². The minimum atomic E-state index is -2.94. The number of nitrogens with one attached hydrogen (secondary N) is 1.